The number of carbonyl (C=O) groups is 1. The molecule has 6 heteroatoms. The van der Waals surface area contributed by atoms with Gasteiger partial charge in [0.15, 0.2) is 11.5 Å². The van der Waals surface area contributed by atoms with Crippen LogP contribution in [0.3, 0.4) is 0 Å². The molecule has 0 aliphatic heterocycles. The topological polar surface area (TPSA) is 44.8 Å². The van der Waals surface area contributed by atoms with Crippen molar-refractivity contribution in [2.24, 2.45) is 0 Å². The average molecular weight is 288 g/mol. The van der Waals surface area contributed by atoms with E-state index >= 15 is 0 Å². The van der Waals surface area contributed by atoms with Gasteiger partial charge in [0.25, 0.3) is 0 Å². The third kappa shape index (κ3) is 3.59. The quantitative estimate of drug-likeness (QED) is 0.723. The van der Waals surface area contributed by atoms with Crippen molar-refractivity contribution in [3.8, 4) is 11.5 Å². The van der Waals surface area contributed by atoms with Crippen LogP contribution in [-0.2, 0) is 15.5 Å². The van der Waals surface area contributed by atoms with Crippen LogP contribution >= 0.6 is 0 Å². The highest BCUT2D eigenvalue weighted by molar-refractivity contribution is 5.79. The van der Waals surface area contributed by atoms with Crippen LogP contribution in [0.15, 0.2) is 18.2 Å². The Kier molecular flexibility index (Phi) is 5.73. The van der Waals surface area contributed by atoms with E-state index in [0.717, 1.165) is 12.1 Å². The van der Waals surface area contributed by atoms with Crippen molar-refractivity contribution in [1.82, 2.24) is 0 Å². The minimum absolute atomic E-state index is 0.107. The molecule has 0 amide bonds. The fourth-order valence-electron chi connectivity index (χ4n) is 1.59. The fraction of sp³-hybridized carbons (Fsp3) is 0.500. The molecule has 20 heavy (non-hydrogen) atoms. The summed E-state index contributed by atoms with van der Waals surface area (Å²) in [4.78, 5) is 11.3. The largest absolute Gasteiger partial charge is 0.490 e. The number of carbonyl (C=O) groups excluding carboxylic acids is 1. The molecule has 0 aliphatic carbocycles. The fourth-order valence-corrected chi connectivity index (χ4v) is 1.59. The lowest BCUT2D eigenvalue weighted by atomic mass is 10.1. The van der Waals surface area contributed by atoms with Crippen LogP contribution in [0.25, 0.3) is 0 Å². The second-order valence-electron chi connectivity index (χ2n) is 3.82. The van der Waals surface area contributed by atoms with E-state index in [2.05, 4.69) is 4.74 Å². The Labute approximate surface area is 116 Å². The van der Waals surface area contributed by atoms with Crippen molar-refractivity contribution in [3.63, 3.8) is 0 Å². The minimum atomic E-state index is -3.72. The Balaban J connectivity index is 3.12. The number of hydrogen-bond acceptors (Lipinski definition) is 4. The van der Waals surface area contributed by atoms with E-state index in [4.69, 9.17) is 9.47 Å². The van der Waals surface area contributed by atoms with Crippen LogP contribution in [0.1, 0.15) is 26.3 Å². The van der Waals surface area contributed by atoms with Gasteiger partial charge < -0.3 is 14.2 Å². The molecule has 0 radical (unpaired) electrons. The van der Waals surface area contributed by atoms with E-state index in [9.17, 15) is 13.6 Å². The first-order valence-corrected chi connectivity index (χ1v) is 6.42. The Bertz CT molecular complexity index is 460. The molecule has 1 aromatic rings. The standard InChI is InChI=1S/C14H18F2O4/c1-4-18-11-8-7-10(9-12(11)19-5-2)14(15,16)13(17)20-6-3/h7-9H,4-6H2,1-3H3. The molecule has 0 heterocycles. The van der Waals surface area contributed by atoms with E-state index in [-0.39, 0.29) is 12.4 Å². The zero-order chi connectivity index (χ0) is 15.2. The summed E-state index contributed by atoms with van der Waals surface area (Å²) in [7, 11) is 0. The monoisotopic (exact) mass is 288 g/mol. The van der Waals surface area contributed by atoms with Crippen LogP contribution in [0, 0.1) is 0 Å². The number of rotatable bonds is 7. The normalized spacial score (nSPS) is 11.1. The lowest BCUT2D eigenvalue weighted by Crippen LogP contribution is -2.28. The van der Waals surface area contributed by atoms with Crippen molar-refractivity contribution in [1.29, 1.82) is 0 Å². The van der Waals surface area contributed by atoms with Gasteiger partial charge in [-0.05, 0) is 39.0 Å². The van der Waals surface area contributed by atoms with Gasteiger partial charge in [-0.15, -0.1) is 0 Å². The molecule has 1 aromatic carbocycles. The summed E-state index contributed by atoms with van der Waals surface area (Å²) in [5.41, 5.74) is -0.483. The van der Waals surface area contributed by atoms with Crippen molar-refractivity contribution >= 4 is 5.97 Å². The summed E-state index contributed by atoms with van der Waals surface area (Å²) in [6.07, 6.45) is 0. The third-order valence-corrected chi connectivity index (χ3v) is 2.44. The van der Waals surface area contributed by atoms with E-state index in [1.807, 2.05) is 0 Å². The maximum absolute atomic E-state index is 13.9. The van der Waals surface area contributed by atoms with Gasteiger partial charge in [-0.3, -0.25) is 0 Å². The maximum Gasteiger partial charge on any atom is 0.381 e. The summed E-state index contributed by atoms with van der Waals surface area (Å²) in [6.45, 7) is 5.55. The average Bonchev–Trinajstić information content (AvgIpc) is 2.41. The maximum atomic E-state index is 13.9. The van der Waals surface area contributed by atoms with E-state index < -0.39 is 17.5 Å². The van der Waals surface area contributed by atoms with Crippen LogP contribution in [0.2, 0.25) is 0 Å². The van der Waals surface area contributed by atoms with Crippen LogP contribution < -0.4 is 9.47 Å². The Morgan fingerprint density at radius 1 is 1.05 bits per heavy atom. The van der Waals surface area contributed by atoms with E-state index in [1.165, 1.54) is 13.0 Å². The molecule has 4 nitrogen and oxygen atoms in total. The number of hydrogen-bond donors (Lipinski definition) is 0. The molecule has 0 saturated heterocycles. The summed E-state index contributed by atoms with van der Waals surface area (Å²) in [6, 6.07) is 3.59. The smallest absolute Gasteiger partial charge is 0.381 e. The third-order valence-electron chi connectivity index (χ3n) is 2.44. The summed E-state index contributed by atoms with van der Waals surface area (Å²) >= 11 is 0. The highest BCUT2D eigenvalue weighted by atomic mass is 19.3. The lowest BCUT2D eigenvalue weighted by molar-refractivity contribution is -0.173. The molecule has 0 aliphatic rings. The van der Waals surface area contributed by atoms with Gasteiger partial charge in [0.2, 0.25) is 0 Å². The molecular formula is C14H18F2O4. The number of benzene rings is 1. The molecule has 0 fully saturated rings. The van der Waals surface area contributed by atoms with Gasteiger partial charge >= 0.3 is 11.9 Å². The first-order valence-electron chi connectivity index (χ1n) is 6.42. The van der Waals surface area contributed by atoms with Gasteiger partial charge in [-0.25, -0.2) is 4.79 Å². The Morgan fingerprint density at radius 2 is 1.65 bits per heavy atom. The molecule has 0 unspecified atom stereocenters. The zero-order valence-electron chi connectivity index (χ0n) is 11.7. The molecule has 112 valence electrons. The van der Waals surface area contributed by atoms with Crippen LogP contribution in [0.5, 0.6) is 11.5 Å². The molecule has 1 rings (SSSR count). The summed E-state index contributed by atoms with van der Waals surface area (Å²) < 4.78 is 42.7. The molecular weight excluding hydrogens is 270 g/mol. The predicted molar refractivity (Wildman–Crippen MR) is 69.3 cm³/mol. The van der Waals surface area contributed by atoms with Crippen LogP contribution in [-0.4, -0.2) is 25.8 Å². The van der Waals surface area contributed by atoms with E-state index in [0.29, 0.717) is 19.0 Å². The zero-order valence-corrected chi connectivity index (χ0v) is 11.7. The van der Waals surface area contributed by atoms with Gasteiger partial charge in [0, 0.05) is 5.56 Å². The van der Waals surface area contributed by atoms with Crippen LogP contribution in [0.4, 0.5) is 8.78 Å². The van der Waals surface area contributed by atoms with Crippen molar-refractivity contribution in [3.05, 3.63) is 23.8 Å². The first-order chi connectivity index (χ1) is 9.47. The lowest BCUT2D eigenvalue weighted by Gasteiger charge is -2.17. The second-order valence-corrected chi connectivity index (χ2v) is 3.82. The number of alkyl halides is 2. The van der Waals surface area contributed by atoms with Crippen molar-refractivity contribution in [2.75, 3.05) is 19.8 Å². The van der Waals surface area contributed by atoms with Crippen molar-refractivity contribution < 1.29 is 27.8 Å². The van der Waals surface area contributed by atoms with Gasteiger partial charge in [-0.1, -0.05) is 0 Å². The number of ether oxygens (including phenoxy) is 3. The Morgan fingerprint density at radius 3 is 2.20 bits per heavy atom. The molecule has 0 saturated carbocycles. The number of esters is 1. The summed E-state index contributed by atoms with van der Waals surface area (Å²) in [5.74, 6) is -4.76. The van der Waals surface area contributed by atoms with Crippen molar-refractivity contribution in [2.45, 2.75) is 26.7 Å². The highest BCUT2D eigenvalue weighted by Gasteiger charge is 2.43. The first kappa shape index (κ1) is 16.2. The molecule has 0 spiro atoms. The van der Waals surface area contributed by atoms with Gasteiger partial charge in [0.05, 0.1) is 19.8 Å². The molecule has 0 bridgehead atoms. The predicted octanol–water partition coefficient (Wildman–Crippen LogP) is 3.14. The Hall–Kier alpha value is -1.85. The summed E-state index contributed by atoms with van der Waals surface area (Å²) in [5, 5.41) is 0. The molecule has 0 atom stereocenters. The number of halogens is 2. The highest BCUT2D eigenvalue weighted by Crippen LogP contribution is 2.36. The minimum Gasteiger partial charge on any atom is -0.490 e. The molecule has 0 aromatic heterocycles. The SMILES string of the molecule is CCOC(=O)C(F)(F)c1ccc(OCC)c(OCC)c1. The van der Waals surface area contributed by atoms with Gasteiger partial charge in [-0.2, -0.15) is 8.78 Å². The molecule has 0 N–H and O–H groups in total. The van der Waals surface area contributed by atoms with Gasteiger partial charge in [0.1, 0.15) is 0 Å². The van der Waals surface area contributed by atoms with E-state index in [1.54, 1.807) is 13.8 Å². The second kappa shape index (κ2) is 7.07.